The van der Waals surface area contributed by atoms with Gasteiger partial charge in [-0.3, -0.25) is 4.72 Å². The second kappa shape index (κ2) is 6.82. The van der Waals surface area contributed by atoms with Crippen molar-refractivity contribution in [3.8, 4) is 0 Å². The molecule has 0 bridgehead atoms. The van der Waals surface area contributed by atoms with Crippen LogP contribution in [0, 0.1) is 0 Å². The summed E-state index contributed by atoms with van der Waals surface area (Å²) in [6.07, 6.45) is 5.27. The van der Waals surface area contributed by atoms with E-state index >= 15 is 0 Å². The number of hydrogen-bond acceptors (Lipinski definition) is 4. The third-order valence-corrected chi connectivity index (χ3v) is 4.61. The molecule has 1 aromatic heterocycles. The molecule has 0 spiro atoms. The van der Waals surface area contributed by atoms with Crippen LogP contribution in [0.3, 0.4) is 0 Å². The summed E-state index contributed by atoms with van der Waals surface area (Å²) in [7, 11) is -2.19. The van der Waals surface area contributed by atoms with Crippen molar-refractivity contribution < 1.29 is 18.3 Å². The number of nitrogens with zero attached hydrogens (tertiary/aromatic N) is 2. The Morgan fingerprint density at radius 3 is 2.70 bits per heavy atom. The minimum absolute atomic E-state index is 0.0315. The monoisotopic (exact) mass is 337 g/mol. The van der Waals surface area contributed by atoms with Crippen molar-refractivity contribution >= 4 is 21.7 Å². The predicted molar refractivity (Wildman–Crippen MR) is 86.0 cm³/mol. The van der Waals surface area contributed by atoms with Gasteiger partial charge < -0.3 is 9.67 Å². The summed E-state index contributed by atoms with van der Waals surface area (Å²) in [4.78, 5) is 15.0. The van der Waals surface area contributed by atoms with Gasteiger partial charge in [-0.2, -0.15) is 8.42 Å². The van der Waals surface area contributed by atoms with Gasteiger partial charge in [0.2, 0.25) is 0 Å². The molecular weight excluding hydrogens is 318 g/mol. The number of aromatic nitrogens is 2. The fourth-order valence-corrected chi connectivity index (χ4v) is 3.19. The molecule has 0 unspecified atom stereocenters. The fraction of sp³-hybridized carbons (Fsp3) is 0.333. The summed E-state index contributed by atoms with van der Waals surface area (Å²) in [6, 6.07) is 4.47. The van der Waals surface area contributed by atoms with E-state index in [0.717, 1.165) is 18.4 Å². The average molecular weight is 337 g/mol. The van der Waals surface area contributed by atoms with Gasteiger partial charge >= 0.3 is 5.97 Å². The fourth-order valence-electron chi connectivity index (χ4n) is 2.11. The van der Waals surface area contributed by atoms with E-state index in [4.69, 9.17) is 5.11 Å². The highest BCUT2D eigenvalue weighted by atomic mass is 32.2. The zero-order valence-corrected chi connectivity index (χ0v) is 13.8. The molecule has 2 aromatic rings. The molecule has 0 saturated carbocycles. The van der Waals surface area contributed by atoms with Crippen LogP contribution in [0.15, 0.2) is 35.7 Å². The topological polar surface area (TPSA) is 101 Å². The van der Waals surface area contributed by atoms with Crippen LogP contribution in [0.4, 0.5) is 5.69 Å². The van der Waals surface area contributed by atoms with Gasteiger partial charge in [0, 0.05) is 13.2 Å². The number of rotatable bonds is 7. The second-order valence-electron chi connectivity index (χ2n) is 5.26. The molecule has 0 aliphatic rings. The number of benzene rings is 1. The average Bonchev–Trinajstić information content (AvgIpc) is 2.93. The minimum atomic E-state index is -3.86. The largest absolute Gasteiger partial charge is 0.478 e. The molecule has 1 heterocycles. The van der Waals surface area contributed by atoms with Crippen molar-refractivity contribution in [1.29, 1.82) is 0 Å². The van der Waals surface area contributed by atoms with Crippen LogP contribution >= 0.6 is 0 Å². The summed E-state index contributed by atoms with van der Waals surface area (Å²) in [6.45, 7) is 2.03. The molecule has 0 fully saturated rings. The van der Waals surface area contributed by atoms with Gasteiger partial charge in [0.15, 0.2) is 5.03 Å². The smallest absolute Gasteiger partial charge is 0.335 e. The van der Waals surface area contributed by atoms with Gasteiger partial charge in [0.25, 0.3) is 10.0 Å². The molecule has 124 valence electrons. The Hall–Kier alpha value is -2.35. The molecule has 0 aliphatic carbocycles. The molecule has 7 nitrogen and oxygen atoms in total. The van der Waals surface area contributed by atoms with Crippen LogP contribution in [-0.4, -0.2) is 29.0 Å². The number of carboxylic acid groups (broad SMARTS) is 1. The van der Waals surface area contributed by atoms with E-state index in [9.17, 15) is 13.2 Å². The van der Waals surface area contributed by atoms with Crippen molar-refractivity contribution in [1.82, 2.24) is 9.55 Å². The molecule has 0 atom stereocenters. The highest BCUT2D eigenvalue weighted by Gasteiger charge is 2.19. The number of aromatic carboxylic acids is 1. The molecule has 2 rings (SSSR count). The lowest BCUT2D eigenvalue weighted by molar-refractivity contribution is 0.0697. The zero-order valence-electron chi connectivity index (χ0n) is 13.0. The van der Waals surface area contributed by atoms with Gasteiger partial charge in [-0.25, -0.2) is 9.78 Å². The number of nitrogens with one attached hydrogen (secondary N) is 1. The van der Waals surface area contributed by atoms with Crippen LogP contribution in [0.2, 0.25) is 0 Å². The Morgan fingerprint density at radius 2 is 2.13 bits per heavy atom. The maximum Gasteiger partial charge on any atom is 0.335 e. The molecule has 8 heteroatoms. The predicted octanol–water partition coefficient (Wildman–Crippen LogP) is 2.26. The van der Waals surface area contributed by atoms with E-state index < -0.39 is 16.0 Å². The van der Waals surface area contributed by atoms with E-state index in [1.807, 2.05) is 6.92 Å². The molecule has 23 heavy (non-hydrogen) atoms. The summed E-state index contributed by atoms with van der Waals surface area (Å²) >= 11 is 0. The first-order chi connectivity index (χ1) is 10.8. The molecule has 0 radical (unpaired) electrons. The standard InChI is InChI=1S/C15H19N3O4S/c1-3-4-5-11-6-7-12(15(19)20)8-13(11)17-23(21,22)14-9-18(2)10-16-14/h6-10,17H,3-5H2,1-2H3,(H,19,20). The van der Waals surface area contributed by atoms with Gasteiger partial charge in [-0.15, -0.1) is 0 Å². The first-order valence-corrected chi connectivity index (χ1v) is 8.69. The van der Waals surface area contributed by atoms with Crippen molar-refractivity contribution in [2.75, 3.05) is 4.72 Å². The third-order valence-electron chi connectivity index (χ3n) is 3.36. The molecule has 2 N–H and O–H groups in total. The Kier molecular flexibility index (Phi) is 5.05. The van der Waals surface area contributed by atoms with Crippen LogP contribution in [-0.2, 0) is 23.5 Å². The highest BCUT2D eigenvalue weighted by molar-refractivity contribution is 7.92. The van der Waals surface area contributed by atoms with Crippen LogP contribution in [0.1, 0.15) is 35.7 Å². The molecule has 0 aliphatic heterocycles. The Balaban J connectivity index is 2.39. The van der Waals surface area contributed by atoms with E-state index in [1.165, 1.54) is 29.2 Å². The van der Waals surface area contributed by atoms with Gasteiger partial charge in [0.05, 0.1) is 17.6 Å². The number of imidazole rings is 1. The van der Waals surface area contributed by atoms with E-state index in [1.54, 1.807) is 13.1 Å². The summed E-state index contributed by atoms with van der Waals surface area (Å²) in [5.74, 6) is -1.11. The number of sulfonamides is 1. The van der Waals surface area contributed by atoms with E-state index in [-0.39, 0.29) is 16.3 Å². The Morgan fingerprint density at radius 1 is 1.39 bits per heavy atom. The molecule has 1 aromatic carbocycles. The maximum absolute atomic E-state index is 12.4. The quantitative estimate of drug-likeness (QED) is 0.807. The Labute approximate surface area is 135 Å². The van der Waals surface area contributed by atoms with E-state index in [0.29, 0.717) is 6.42 Å². The Bertz CT molecular complexity index is 812. The van der Waals surface area contributed by atoms with Crippen molar-refractivity contribution in [2.45, 2.75) is 31.2 Å². The van der Waals surface area contributed by atoms with Crippen molar-refractivity contribution in [3.05, 3.63) is 41.9 Å². The molecule has 0 amide bonds. The SMILES string of the molecule is CCCCc1ccc(C(=O)O)cc1NS(=O)(=O)c1cn(C)cn1. The molecular formula is C15H19N3O4S. The summed E-state index contributed by atoms with van der Waals surface area (Å²) in [5, 5.41) is 8.99. The first kappa shape index (κ1) is 17.0. The normalized spacial score (nSPS) is 11.4. The first-order valence-electron chi connectivity index (χ1n) is 7.20. The minimum Gasteiger partial charge on any atom is -0.478 e. The van der Waals surface area contributed by atoms with Crippen LogP contribution < -0.4 is 4.72 Å². The summed E-state index contributed by atoms with van der Waals surface area (Å²) < 4.78 is 28.8. The van der Waals surface area contributed by atoms with Crippen molar-refractivity contribution in [3.63, 3.8) is 0 Å². The van der Waals surface area contributed by atoms with Gasteiger partial charge in [0.1, 0.15) is 0 Å². The van der Waals surface area contributed by atoms with Crippen LogP contribution in [0.5, 0.6) is 0 Å². The van der Waals surface area contributed by atoms with E-state index in [2.05, 4.69) is 9.71 Å². The highest BCUT2D eigenvalue weighted by Crippen LogP contribution is 2.23. The molecule has 0 saturated heterocycles. The number of aryl methyl sites for hydroxylation is 2. The lowest BCUT2D eigenvalue weighted by Crippen LogP contribution is -2.15. The zero-order chi connectivity index (χ0) is 17.0. The number of anilines is 1. The second-order valence-corrected chi connectivity index (χ2v) is 6.89. The number of hydrogen-bond donors (Lipinski definition) is 2. The lowest BCUT2D eigenvalue weighted by atomic mass is 10.0. The summed E-state index contributed by atoms with van der Waals surface area (Å²) in [5.41, 5.74) is 1.07. The number of carbonyl (C=O) groups is 1. The maximum atomic E-state index is 12.4. The third kappa shape index (κ3) is 4.10. The number of unbranched alkanes of at least 4 members (excludes halogenated alkanes) is 1. The van der Waals surface area contributed by atoms with Crippen molar-refractivity contribution in [2.24, 2.45) is 7.05 Å². The van der Waals surface area contributed by atoms with Gasteiger partial charge in [-0.05, 0) is 30.5 Å². The van der Waals surface area contributed by atoms with Crippen LogP contribution in [0.25, 0.3) is 0 Å². The number of carboxylic acids is 1. The lowest BCUT2D eigenvalue weighted by Gasteiger charge is -2.12. The van der Waals surface area contributed by atoms with Gasteiger partial charge in [-0.1, -0.05) is 19.4 Å².